The number of hydrogen-bond donors (Lipinski definition) is 3. The van der Waals surface area contributed by atoms with Crippen LogP contribution in [0.3, 0.4) is 0 Å². The summed E-state index contributed by atoms with van der Waals surface area (Å²) in [6, 6.07) is 2.61. The minimum atomic E-state index is -4.20. The van der Waals surface area contributed by atoms with Crippen molar-refractivity contribution in [2.75, 3.05) is 17.4 Å². The third kappa shape index (κ3) is 2.66. The minimum Gasteiger partial charge on any atom is -0.506 e. The van der Waals surface area contributed by atoms with Crippen molar-refractivity contribution in [3.05, 3.63) is 29.6 Å². The number of nitrogens with zero attached hydrogens (tertiary/aromatic N) is 1. The lowest BCUT2D eigenvalue weighted by Crippen LogP contribution is -2.32. The molecule has 0 aliphatic carbocycles. The number of nitrogens with one attached hydrogen (secondary N) is 2. The van der Waals surface area contributed by atoms with Gasteiger partial charge in [-0.3, -0.25) is 4.79 Å². The van der Waals surface area contributed by atoms with Crippen LogP contribution in [-0.2, 0) is 15.0 Å². The molecule has 0 aromatic heterocycles. The quantitative estimate of drug-likeness (QED) is 0.727. The number of aromatic hydroxyl groups is 1. The third-order valence-corrected chi connectivity index (χ3v) is 5.16. The van der Waals surface area contributed by atoms with Crippen LogP contribution >= 0.6 is 0 Å². The summed E-state index contributed by atoms with van der Waals surface area (Å²) in [6.45, 7) is 3.69. The fraction of sp³-hybridized carbons (Fsp3) is 0.357. The first kappa shape index (κ1) is 15.8. The second-order valence-electron chi connectivity index (χ2n) is 6.08. The van der Waals surface area contributed by atoms with E-state index in [1.165, 1.54) is 12.1 Å². The van der Waals surface area contributed by atoms with Crippen LogP contribution in [0.2, 0.25) is 0 Å². The Kier molecular flexibility index (Phi) is 3.38. The van der Waals surface area contributed by atoms with Gasteiger partial charge in [-0.1, -0.05) is 6.08 Å². The van der Waals surface area contributed by atoms with E-state index in [0.717, 1.165) is 0 Å². The highest BCUT2D eigenvalue weighted by molar-refractivity contribution is 7.92. The molecule has 7 nitrogen and oxygen atoms in total. The Morgan fingerprint density at radius 1 is 1.35 bits per heavy atom. The molecule has 23 heavy (non-hydrogen) atoms. The summed E-state index contributed by atoms with van der Waals surface area (Å²) in [4.78, 5) is 11.3. The predicted octanol–water partition coefficient (Wildman–Crippen LogP) is 0.477. The average Bonchev–Trinajstić information content (AvgIpc) is 2.89. The van der Waals surface area contributed by atoms with E-state index in [4.69, 9.17) is 0 Å². The zero-order valence-electron chi connectivity index (χ0n) is 12.6. The van der Waals surface area contributed by atoms with Crippen LogP contribution in [0.25, 0.3) is 5.57 Å². The van der Waals surface area contributed by atoms with Crippen molar-refractivity contribution in [1.29, 1.82) is 0 Å². The maximum absolute atomic E-state index is 14.9. The van der Waals surface area contributed by atoms with Crippen LogP contribution in [0, 0.1) is 5.82 Å². The molecule has 9 heteroatoms. The largest absolute Gasteiger partial charge is 0.506 e. The Morgan fingerprint density at radius 3 is 2.57 bits per heavy atom. The van der Waals surface area contributed by atoms with Gasteiger partial charge in [-0.25, -0.2) is 13.4 Å². The second kappa shape index (κ2) is 4.93. The number of carbonyl (C=O) groups excluding carboxylic acids is 1. The fourth-order valence-corrected chi connectivity index (χ4v) is 3.88. The summed E-state index contributed by atoms with van der Waals surface area (Å²) >= 11 is 0. The van der Waals surface area contributed by atoms with Gasteiger partial charge in [0.15, 0.2) is 5.82 Å². The van der Waals surface area contributed by atoms with Gasteiger partial charge < -0.3 is 10.4 Å². The maximum Gasteiger partial charge on any atom is 0.326 e. The molecule has 3 rings (SSSR count). The lowest BCUT2D eigenvalue weighted by atomic mass is 10.0. The Balaban J connectivity index is 2.13. The molecule has 0 unspecified atom stereocenters. The molecule has 3 N–H and O–H groups in total. The zero-order chi connectivity index (χ0) is 17.0. The van der Waals surface area contributed by atoms with Crippen LogP contribution in [0.1, 0.15) is 19.4 Å². The molecule has 0 atom stereocenters. The molecule has 2 heterocycles. The van der Waals surface area contributed by atoms with E-state index in [9.17, 15) is 22.7 Å². The summed E-state index contributed by atoms with van der Waals surface area (Å²) in [5, 5.41) is 13.1. The van der Waals surface area contributed by atoms with Crippen molar-refractivity contribution in [3.8, 4) is 5.75 Å². The highest BCUT2D eigenvalue weighted by Gasteiger charge is 2.38. The van der Waals surface area contributed by atoms with E-state index >= 15 is 0 Å². The van der Waals surface area contributed by atoms with Crippen LogP contribution < -0.4 is 14.3 Å². The van der Waals surface area contributed by atoms with E-state index in [2.05, 4.69) is 5.32 Å². The standard InChI is InChI=1S/C14H16FN3O4S/c1-14(2)5-8(6-16-14)9-3-4-10(19)13(12(9)15)18-7-11(20)17-23(18,21)22/h3-5,16,19H,6-7H2,1-2H3,(H,17,20). The van der Waals surface area contributed by atoms with Gasteiger partial charge in [-0.15, -0.1) is 0 Å². The highest BCUT2D eigenvalue weighted by atomic mass is 32.2. The van der Waals surface area contributed by atoms with Crippen molar-refractivity contribution in [2.24, 2.45) is 0 Å². The van der Waals surface area contributed by atoms with Crippen LogP contribution in [0.15, 0.2) is 18.2 Å². The molecular formula is C14H16FN3O4S. The molecule has 2 aliphatic rings. The molecule has 1 aromatic carbocycles. The first-order chi connectivity index (χ1) is 10.6. The van der Waals surface area contributed by atoms with Crippen molar-refractivity contribution < 1.29 is 22.7 Å². The van der Waals surface area contributed by atoms with Crippen molar-refractivity contribution in [1.82, 2.24) is 10.0 Å². The van der Waals surface area contributed by atoms with E-state index in [1.807, 2.05) is 19.9 Å². The number of hydrogen-bond acceptors (Lipinski definition) is 5. The molecule has 1 fully saturated rings. The molecule has 0 saturated carbocycles. The highest BCUT2D eigenvalue weighted by Crippen LogP contribution is 2.38. The Morgan fingerprint density at radius 2 is 2.04 bits per heavy atom. The third-order valence-electron chi connectivity index (χ3n) is 3.78. The molecule has 1 saturated heterocycles. The number of carbonyl (C=O) groups is 1. The number of halogens is 1. The number of phenolic OH excluding ortho intramolecular Hbond substituents is 1. The van der Waals surface area contributed by atoms with Gasteiger partial charge in [0, 0.05) is 17.6 Å². The molecule has 124 valence electrons. The van der Waals surface area contributed by atoms with E-state index in [-0.39, 0.29) is 11.1 Å². The van der Waals surface area contributed by atoms with Crippen molar-refractivity contribution in [2.45, 2.75) is 19.4 Å². The minimum absolute atomic E-state index is 0.186. The summed E-state index contributed by atoms with van der Waals surface area (Å²) in [5.41, 5.74) is 0.0124. The molecule has 0 bridgehead atoms. The van der Waals surface area contributed by atoms with Gasteiger partial charge in [0.1, 0.15) is 18.0 Å². The molecular weight excluding hydrogens is 325 g/mol. The molecule has 1 aromatic rings. The van der Waals surface area contributed by atoms with E-state index < -0.39 is 39.9 Å². The molecule has 1 amide bonds. The van der Waals surface area contributed by atoms with Gasteiger partial charge >= 0.3 is 10.2 Å². The number of amides is 1. The first-order valence-corrected chi connectivity index (χ1v) is 8.37. The van der Waals surface area contributed by atoms with Crippen molar-refractivity contribution in [3.63, 3.8) is 0 Å². The monoisotopic (exact) mass is 341 g/mol. The smallest absolute Gasteiger partial charge is 0.326 e. The Hall–Kier alpha value is -2.13. The number of anilines is 1. The predicted molar refractivity (Wildman–Crippen MR) is 82.5 cm³/mol. The summed E-state index contributed by atoms with van der Waals surface area (Å²) in [5.74, 6) is -2.20. The van der Waals surface area contributed by atoms with Crippen LogP contribution in [0.5, 0.6) is 5.75 Å². The zero-order valence-corrected chi connectivity index (χ0v) is 13.4. The lowest BCUT2D eigenvalue weighted by Gasteiger charge is -2.18. The van der Waals surface area contributed by atoms with Gasteiger partial charge in [0.2, 0.25) is 0 Å². The van der Waals surface area contributed by atoms with Gasteiger partial charge in [0.05, 0.1) is 0 Å². The van der Waals surface area contributed by atoms with Crippen molar-refractivity contribution >= 4 is 27.4 Å². The summed E-state index contributed by atoms with van der Waals surface area (Å²) in [7, 11) is -4.20. The van der Waals surface area contributed by atoms with Gasteiger partial charge in [0.25, 0.3) is 5.91 Å². The molecule has 0 spiro atoms. The number of rotatable bonds is 2. The molecule has 2 aliphatic heterocycles. The summed E-state index contributed by atoms with van der Waals surface area (Å²) in [6.07, 6.45) is 1.84. The lowest BCUT2D eigenvalue weighted by molar-refractivity contribution is -0.117. The number of phenols is 1. The molecule has 0 radical (unpaired) electrons. The second-order valence-corrected chi connectivity index (χ2v) is 7.67. The van der Waals surface area contributed by atoms with Gasteiger partial charge in [-0.05, 0) is 31.6 Å². The summed E-state index contributed by atoms with van der Waals surface area (Å²) < 4.78 is 41.0. The average molecular weight is 341 g/mol. The Labute approximate surface area is 133 Å². The van der Waals surface area contributed by atoms with E-state index in [1.54, 1.807) is 4.72 Å². The normalized spacial score (nSPS) is 22.1. The number of benzene rings is 1. The van der Waals surface area contributed by atoms with Crippen LogP contribution in [0.4, 0.5) is 10.1 Å². The Bertz CT molecular complexity index is 833. The van der Waals surface area contributed by atoms with Crippen LogP contribution in [-0.4, -0.2) is 38.1 Å². The van der Waals surface area contributed by atoms with E-state index in [0.29, 0.717) is 16.4 Å². The fourth-order valence-electron chi connectivity index (χ4n) is 2.72. The van der Waals surface area contributed by atoms with Gasteiger partial charge in [-0.2, -0.15) is 8.42 Å². The maximum atomic E-state index is 14.9. The topological polar surface area (TPSA) is 98.7 Å². The first-order valence-electron chi connectivity index (χ1n) is 6.93. The SMILES string of the molecule is CC1(C)C=C(c2ccc(O)c(N3CC(=O)NS3(=O)=O)c2F)CN1.